The smallest absolute Gasteiger partial charge is 0.267 e. The number of amides is 1. The van der Waals surface area contributed by atoms with Crippen LogP contribution >= 0.6 is 11.6 Å². The Bertz CT molecular complexity index is 749. The van der Waals surface area contributed by atoms with Gasteiger partial charge in [0.15, 0.2) is 0 Å². The van der Waals surface area contributed by atoms with Crippen LogP contribution in [0.15, 0.2) is 41.2 Å². The first-order valence-electron chi connectivity index (χ1n) is 7.75. The molecule has 1 aromatic carbocycles. The van der Waals surface area contributed by atoms with E-state index in [9.17, 15) is 9.59 Å². The van der Waals surface area contributed by atoms with Crippen LogP contribution in [0.4, 0.5) is 0 Å². The maximum atomic E-state index is 12.1. The van der Waals surface area contributed by atoms with Gasteiger partial charge in [-0.2, -0.15) is 5.10 Å². The van der Waals surface area contributed by atoms with E-state index in [-0.39, 0.29) is 24.1 Å². The molecule has 1 heterocycles. The molecule has 0 saturated heterocycles. The fourth-order valence-electron chi connectivity index (χ4n) is 2.82. The monoisotopic (exact) mass is 331 g/mol. The highest BCUT2D eigenvalue weighted by Crippen LogP contribution is 2.19. The first kappa shape index (κ1) is 15.7. The molecule has 1 fully saturated rings. The highest BCUT2D eigenvalue weighted by atomic mass is 35.5. The van der Waals surface area contributed by atoms with Crippen molar-refractivity contribution in [2.45, 2.75) is 38.3 Å². The molecule has 5 nitrogen and oxygen atoms in total. The van der Waals surface area contributed by atoms with Crippen molar-refractivity contribution >= 4 is 17.5 Å². The van der Waals surface area contributed by atoms with E-state index in [1.807, 2.05) is 12.1 Å². The number of carbonyl (C=O) groups is 1. The van der Waals surface area contributed by atoms with Crippen molar-refractivity contribution in [2.75, 3.05) is 0 Å². The summed E-state index contributed by atoms with van der Waals surface area (Å²) in [7, 11) is 0. The van der Waals surface area contributed by atoms with Gasteiger partial charge in [-0.25, -0.2) is 4.68 Å². The Labute approximate surface area is 139 Å². The molecule has 1 aromatic heterocycles. The van der Waals surface area contributed by atoms with E-state index < -0.39 is 0 Å². The molecule has 0 unspecified atom stereocenters. The number of carbonyl (C=O) groups excluding carboxylic acids is 1. The third-order valence-corrected chi connectivity index (χ3v) is 4.27. The summed E-state index contributed by atoms with van der Waals surface area (Å²) in [5.41, 5.74) is 1.19. The summed E-state index contributed by atoms with van der Waals surface area (Å²) in [6.45, 7) is -0.0588. The van der Waals surface area contributed by atoms with Crippen molar-refractivity contribution in [3.8, 4) is 11.3 Å². The fourth-order valence-corrected chi connectivity index (χ4v) is 2.94. The van der Waals surface area contributed by atoms with E-state index in [2.05, 4.69) is 10.4 Å². The Morgan fingerprint density at radius 3 is 2.57 bits per heavy atom. The van der Waals surface area contributed by atoms with Gasteiger partial charge in [0.2, 0.25) is 5.91 Å². The number of hydrogen-bond acceptors (Lipinski definition) is 3. The summed E-state index contributed by atoms with van der Waals surface area (Å²) < 4.78 is 1.20. The van der Waals surface area contributed by atoms with Gasteiger partial charge in [0.25, 0.3) is 5.56 Å². The van der Waals surface area contributed by atoms with Gasteiger partial charge >= 0.3 is 0 Å². The van der Waals surface area contributed by atoms with Crippen LogP contribution in [0.5, 0.6) is 0 Å². The molecule has 0 atom stereocenters. The summed E-state index contributed by atoms with van der Waals surface area (Å²) in [5.74, 6) is -0.167. The average Bonchev–Trinajstić information content (AvgIpc) is 3.03. The van der Waals surface area contributed by atoms with Crippen molar-refractivity contribution in [2.24, 2.45) is 0 Å². The van der Waals surface area contributed by atoms with E-state index >= 15 is 0 Å². The zero-order valence-electron chi connectivity index (χ0n) is 12.7. The number of rotatable bonds is 4. The SMILES string of the molecule is O=C(Cn1nc(-c2ccc(Cl)cc2)ccc1=O)NC1CCCC1. The van der Waals surface area contributed by atoms with Crippen molar-refractivity contribution in [1.82, 2.24) is 15.1 Å². The molecule has 1 N–H and O–H groups in total. The second-order valence-corrected chi connectivity index (χ2v) is 6.21. The van der Waals surface area contributed by atoms with Gasteiger partial charge in [0, 0.05) is 22.7 Å². The summed E-state index contributed by atoms with van der Waals surface area (Å²) >= 11 is 5.88. The van der Waals surface area contributed by atoms with Gasteiger partial charge in [0.05, 0.1) is 5.69 Å². The topological polar surface area (TPSA) is 64.0 Å². The van der Waals surface area contributed by atoms with Crippen LogP contribution in [-0.2, 0) is 11.3 Å². The third-order valence-electron chi connectivity index (χ3n) is 4.02. The highest BCUT2D eigenvalue weighted by molar-refractivity contribution is 6.30. The molecular formula is C17H18ClN3O2. The lowest BCUT2D eigenvalue weighted by molar-refractivity contribution is -0.122. The Balaban J connectivity index is 1.76. The Kier molecular flexibility index (Phi) is 4.76. The summed E-state index contributed by atoms with van der Waals surface area (Å²) in [6, 6.07) is 10.5. The van der Waals surface area contributed by atoms with Crippen LogP contribution in [0.25, 0.3) is 11.3 Å². The molecule has 1 aliphatic carbocycles. The van der Waals surface area contributed by atoms with Crippen molar-refractivity contribution in [1.29, 1.82) is 0 Å². The van der Waals surface area contributed by atoms with Crippen molar-refractivity contribution < 1.29 is 4.79 Å². The first-order chi connectivity index (χ1) is 11.1. The number of aromatic nitrogens is 2. The molecule has 1 aliphatic rings. The summed E-state index contributed by atoms with van der Waals surface area (Å²) in [5, 5.41) is 7.89. The van der Waals surface area contributed by atoms with Crippen LogP contribution in [0.3, 0.4) is 0 Å². The van der Waals surface area contributed by atoms with Crippen LogP contribution in [0, 0.1) is 0 Å². The second kappa shape index (κ2) is 6.96. The molecule has 1 amide bonds. The molecule has 0 spiro atoms. The van der Waals surface area contributed by atoms with E-state index in [0.29, 0.717) is 10.7 Å². The molecule has 120 valence electrons. The van der Waals surface area contributed by atoms with Crippen LogP contribution in [-0.4, -0.2) is 21.7 Å². The van der Waals surface area contributed by atoms with Gasteiger partial charge in [-0.3, -0.25) is 9.59 Å². The fraction of sp³-hybridized carbons (Fsp3) is 0.353. The van der Waals surface area contributed by atoms with Gasteiger partial charge in [-0.1, -0.05) is 36.6 Å². The predicted molar refractivity (Wildman–Crippen MR) is 89.3 cm³/mol. The van der Waals surface area contributed by atoms with Crippen molar-refractivity contribution in [3.05, 3.63) is 51.8 Å². The van der Waals surface area contributed by atoms with Crippen LogP contribution in [0.1, 0.15) is 25.7 Å². The van der Waals surface area contributed by atoms with Gasteiger partial charge in [-0.15, -0.1) is 0 Å². The van der Waals surface area contributed by atoms with E-state index in [1.165, 1.54) is 10.7 Å². The lowest BCUT2D eigenvalue weighted by atomic mass is 10.1. The minimum Gasteiger partial charge on any atom is -0.352 e. The van der Waals surface area contributed by atoms with E-state index in [0.717, 1.165) is 31.2 Å². The van der Waals surface area contributed by atoms with E-state index in [1.54, 1.807) is 18.2 Å². The molecule has 6 heteroatoms. The zero-order chi connectivity index (χ0) is 16.2. The Morgan fingerprint density at radius 2 is 1.87 bits per heavy atom. The molecule has 0 bridgehead atoms. The molecule has 2 aromatic rings. The lowest BCUT2D eigenvalue weighted by Crippen LogP contribution is -2.38. The molecule has 1 saturated carbocycles. The molecule has 3 rings (SSSR count). The Hall–Kier alpha value is -2.14. The van der Waals surface area contributed by atoms with E-state index in [4.69, 9.17) is 11.6 Å². The number of nitrogens with zero attached hydrogens (tertiary/aromatic N) is 2. The molecule has 0 aliphatic heterocycles. The lowest BCUT2D eigenvalue weighted by Gasteiger charge is -2.12. The molecular weight excluding hydrogens is 314 g/mol. The minimum atomic E-state index is -0.288. The molecule has 0 radical (unpaired) electrons. The highest BCUT2D eigenvalue weighted by Gasteiger charge is 2.17. The minimum absolute atomic E-state index is 0.0588. The normalized spacial score (nSPS) is 14.8. The number of benzene rings is 1. The average molecular weight is 332 g/mol. The number of halogens is 1. The van der Waals surface area contributed by atoms with Gasteiger partial charge in [-0.05, 0) is 31.0 Å². The van der Waals surface area contributed by atoms with Crippen LogP contribution < -0.4 is 10.9 Å². The maximum Gasteiger partial charge on any atom is 0.267 e. The predicted octanol–water partition coefficient (Wildman–Crippen LogP) is 2.62. The van der Waals surface area contributed by atoms with Crippen molar-refractivity contribution in [3.63, 3.8) is 0 Å². The van der Waals surface area contributed by atoms with Gasteiger partial charge < -0.3 is 5.32 Å². The third kappa shape index (κ3) is 3.99. The largest absolute Gasteiger partial charge is 0.352 e. The number of hydrogen-bond donors (Lipinski definition) is 1. The summed E-state index contributed by atoms with van der Waals surface area (Å²) in [4.78, 5) is 24.0. The maximum absolute atomic E-state index is 12.1. The Morgan fingerprint density at radius 1 is 1.17 bits per heavy atom. The molecule has 23 heavy (non-hydrogen) atoms. The second-order valence-electron chi connectivity index (χ2n) is 5.77. The standard InChI is InChI=1S/C17H18ClN3O2/c18-13-7-5-12(6-8-13)15-9-10-17(23)21(20-15)11-16(22)19-14-3-1-2-4-14/h5-10,14H,1-4,11H2,(H,19,22). The first-order valence-corrected chi connectivity index (χ1v) is 8.13. The van der Waals surface area contributed by atoms with Gasteiger partial charge in [0.1, 0.15) is 6.54 Å². The quantitative estimate of drug-likeness (QED) is 0.936. The number of nitrogens with one attached hydrogen (secondary N) is 1. The van der Waals surface area contributed by atoms with Crippen LogP contribution in [0.2, 0.25) is 5.02 Å². The summed E-state index contributed by atoms with van der Waals surface area (Å²) in [6.07, 6.45) is 4.32. The zero-order valence-corrected chi connectivity index (χ0v) is 13.4.